The third-order valence-electron chi connectivity index (χ3n) is 2.63. The number of carbonyl (C=O) groups is 1. The van der Waals surface area contributed by atoms with E-state index >= 15 is 0 Å². The van der Waals surface area contributed by atoms with Gasteiger partial charge in [0.1, 0.15) is 0 Å². The Balaban J connectivity index is 4.72. The highest BCUT2D eigenvalue weighted by Gasteiger charge is 2.38. The predicted molar refractivity (Wildman–Crippen MR) is 88.5 cm³/mol. The van der Waals surface area contributed by atoms with E-state index in [0.29, 0.717) is 6.42 Å². The minimum Gasteiger partial charge on any atom is -0.347 e. The SMILES string of the molecule is C=CCCOP(=O)(NCCNC(=O)C(F)(F)F)N(CCCl)CCCl. The van der Waals surface area contributed by atoms with Crippen molar-refractivity contribution in [1.82, 2.24) is 15.1 Å². The van der Waals surface area contributed by atoms with Crippen molar-refractivity contribution in [3.63, 3.8) is 0 Å². The minimum atomic E-state index is -4.96. The van der Waals surface area contributed by atoms with Crippen molar-refractivity contribution in [3.8, 4) is 0 Å². The second-order valence-corrected chi connectivity index (χ2v) is 7.36. The molecule has 0 aliphatic heterocycles. The van der Waals surface area contributed by atoms with Crippen molar-refractivity contribution in [2.75, 3.05) is 44.5 Å². The van der Waals surface area contributed by atoms with E-state index in [1.165, 1.54) is 4.67 Å². The maximum atomic E-state index is 12.9. The maximum absolute atomic E-state index is 12.9. The summed E-state index contributed by atoms with van der Waals surface area (Å²) in [5, 5.41) is 4.23. The molecule has 0 aromatic rings. The van der Waals surface area contributed by atoms with Crippen LogP contribution in [0.25, 0.3) is 0 Å². The summed E-state index contributed by atoms with van der Waals surface area (Å²) in [7, 11) is -3.56. The van der Waals surface area contributed by atoms with E-state index in [1.807, 2.05) is 0 Å². The molecule has 1 atom stereocenters. The number of amides is 1. The highest BCUT2D eigenvalue weighted by atomic mass is 35.5. The average Bonchev–Trinajstić information content (AvgIpc) is 2.50. The molecule has 1 amide bonds. The molecule has 0 saturated carbocycles. The second kappa shape index (κ2) is 12.1. The summed E-state index contributed by atoms with van der Waals surface area (Å²) >= 11 is 11.3. The molecule has 142 valence electrons. The Bertz CT molecular complexity index is 436. The molecule has 1 unspecified atom stereocenters. The van der Waals surface area contributed by atoms with Crippen LogP contribution in [-0.2, 0) is 13.9 Å². The van der Waals surface area contributed by atoms with E-state index < -0.39 is 19.8 Å². The fourth-order valence-electron chi connectivity index (χ4n) is 1.53. The Morgan fingerprint density at radius 2 is 1.83 bits per heavy atom. The standard InChI is InChI=1S/C12H21Cl2F3N3O3P/c1-2-3-10-23-24(22,20(8-4-13)9-5-14)19-7-6-18-11(21)12(15,16)17/h2H,1,3-10H2,(H,18,21)(H,19,22). The van der Waals surface area contributed by atoms with Crippen LogP contribution >= 0.6 is 30.9 Å². The van der Waals surface area contributed by atoms with Crippen molar-refractivity contribution in [3.05, 3.63) is 12.7 Å². The second-order valence-electron chi connectivity index (χ2n) is 4.42. The first-order chi connectivity index (χ1) is 11.2. The average molecular weight is 414 g/mol. The van der Waals surface area contributed by atoms with Gasteiger partial charge in [-0.2, -0.15) is 13.2 Å². The van der Waals surface area contributed by atoms with Crippen LogP contribution in [0.3, 0.4) is 0 Å². The van der Waals surface area contributed by atoms with E-state index in [0.717, 1.165) is 0 Å². The Labute approximate surface area is 149 Å². The molecule has 0 aliphatic carbocycles. The quantitative estimate of drug-likeness (QED) is 0.210. The van der Waals surface area contributed by atoms with Gasteiger partial charge in [-0.3, -0.25) is 9.36 Å². The van der Waals surface area contributed by atoms with Crippen LogP contribution in [0.4, 0.5) is 13.2 Å². The molecule has 0 saturated heterocycles. The molecular formula is C12H21Cl2F3N3O3P. The van der Waals surface area contributed by atoms with Gasteiger partial charge in [0.25, 0.3) is 0 Å². The molecule has 0 bridgehead atoms. The van der Waals surface area contributed by atoms with Crippen molar-refractivity contribution < 1.29 is 27.1 Å². The molecule has 2 N–H and O–H groups in total. The molecule has 0 heterocycles. The van der Waals surface area contributed by atoms with Gasteiger partial charge in [-0.15, -0.1) is 29.8 Å². The zero-order valence-corrected chi connectivity index (χ0v) is 15.4. The molecule has 12 heteroatoms. The van der Waals surface area contributed by atoms with Crippen LogP contribution in [0.2, 0.25) is 0 Å². The van der Waals surface area contributed by atoms with Crippen LogP contribution < -0.4 is 10.4 Å². The number of hydrogen-bond donors (Lipinski definition) is 2. The van der Waals surface area contributed by atoms with E-state index in [4.69, 9.17) is 27.7 Å². The van der Waals surface area contributed by atoms with Gasteiger partial charge in [0.2, 0.25) is 0 Å². The molecule has 0 aromatic heterocycles. The fraction of sp³-hybridized carbons (Fsp3) is 0.750. The van der Waals surface area contributed by atoms with Gasteiger partial charge in [0.15, 0.2) is 0 Å². The first kappa shape index (κ1) is 23.7. The van der Waals surface area contributed by atoms with Crippen molar-refractivity contribution in [1.29, 1.82) is 0 Å². The van der Waals surface area contributed by atoms with Crippen molar-refractivity contribution in [2.24, 2.45) is 0 Å². The van der Waals surface area contributed by atoms with Gasteiger partial charge in [0, 0.05) is 37.9 Å². The molecular weight excluding hydrogens is 393 g/mol. The van der Waals surface area contributed by atoms with E-state index in [2.05, 4.69) is 11.7 Å². The summed E-state index contributed by atoms with van der Waals surface area (Å²) < 4.78 is 55.9. The smallest absolute Gasteiger partial charge is 0.347 e. The predicted octanol–water partition coefficient (Wildman–Crippen LogP) is 2.73. The number of halogens is 5. The maximum Gasteiger partial charge on any atom is 0.471 e. The highest BCUT2D eigenvalue weighted by Crippen LogP contribution is 2.46. The number of nitrogens with one attached hydrogen (secondary N) is 2. The van der Waals surface area contributed by atoms with Crippen LogP contribution in [0, 0.1) is 0 Å². The van der Waals surface area contributed by atoms with Gasteiger partial charge in [-0.25, -0.2) is 9.76 Å². The number of hydrogen-bond acceptors (Lipinski definition) is 3. The summed E-state index contributed by atoms with van der Waals surface area (Å²) in [5.74, 6) is -1.74. The number of alkyl halides is 5. The van der Waals surface area contributed by atoms with Gasteiger partial charge in [0.05, 0.1) is 6.61 Å². The van der Waals surface area contributed by atoms with E-state index in [9.17, 15) is 22.5 Å². The number of nitrogens with zero attached hydrogens (tertiary/aromatic N) is 1. The summed E-state index contributed by atoms with van der Waals surface area (Å²) in [6.07, 6.45) is -2.96. The van der Waals surface area contributed by atoms with Gasteiger partial charge < -0.3 is 9.84 Å². The zero-order valence-electron chi connectivity index (χ0n) is 13.0. The number of rotatable bonds is 13. The highest BCUT2D eigenvalue weighted by molar-refractivity contribution is 7.54. The lowest BCUT2D eigenvalue weighted by Crippen LogP contribution is -2.41. The third-order valence-corrected chi connectivity index (χ3v) is 5.26. The molecule has 6 nitrogen and oxygen atoms in total. The normalized spacial score (nSPS) is 14.4. The van der Waals surface area contributed by atoms with Crippen LogP contribution in [0.5, 0.6) is 0 Å². The third kappa shape index (κ3) is 9.25. The topological polar surface area (TPSA) is 70.7 Å². The largest absolute Gasteiger partial charge is 0.471 e. The molecule has 0 fully saturated rings. The lowest BCUT2D eigenvalue weighted by Gasteiger charge is -2.30. The summed E-state index contributed by atoms with van der Waals surface area (Å²) in [6, 6.07) is 0. The van der Waals surface area contributed by atoms with Crippen molar-refractivity contribution >= 4 is 36.8 Å². The minimum absolute atomic E-state index is 0.101. The van der Waals surface area contributed by atoms with Crippen LogP contribution in [-0.4, -0.2) is 61.3 Å². The fourth-order valence-corrected chi connectivity index (χ4v) is 4.10. The van der Waals surface area contributed by atoms with Gasteiger partial charge >= 0.3 is 19.8 Å². The summed E-state index contributed by atoms with van der Waals surface area (Å²) in [6.45, 7) is 3.48. The summed E-state index contributed by atoms with van der Waals surface area (Å²) in [4.78, 5) is 10.7. The van der Waals surface area contributed by atoms with Crippen molar-refractivity contribution in [2.45, 2.75) is 12.6 Å². The Morgan fingerprint density at radius 3 is 2.29 bits per heavy atom. The lowest BCUT2D eigenvalue weighted by atomic mass is 10.5. The van der Waals surface area contributed by atoms with Gasteiger partial charge in [-0.05, 0) is 6.42 Å². The molecule has 0 aliphatic rings. The Hall–Kier alpha value is -0.310. The van der Waals surface area contributed by atoms with E-state index in [-0.39, 0.29) is 44.5 Å². The van der Waals surface area contributed by atoms with Gasteiger partial charge in [-0.1, -0.05) is 6.08 Å². The summed E-state index contributed by atoms with van der Waals surface area (Å²) in [5.41, 5.74) is 0. The van der Waals surface area contributed by atoms with Crippen LogP contribution in [0.1, 0.15) is 6.42 Å². The Morgan fingerprint density at radius 1 is 1.25 bits per heavy atom. The molecule has 0 aromatic carbocycles. The lowest BCUT2D eigenvalue weighted by molar-refractivity contribution is -0.173. The van der Waals surface area contributed by atoms with Crippen LogP contribution in [0.15, 0.2) is 12.7 Å². The molecule has 0 rings (SSSR count). The number of carbonyl (C=O) groups excluding carboxylic acids is 1. The Kier molecular flexibility index (Phi) is 12.0. The molecule has 0 spiro atoms. The zero-order chi connectivity index (χ0) is 18.6. The molecule has 24 heavy (non-hydrogen) atoms. The first-order valence-electron chi connectivity index (χ1n) is 7.04. The first-order valence-corrected chi connectivity index (χ1v) is 9.69. The molecule has 0 radical (unpaired) electrons. The monoisotopic (exact) mass is 413 g/mol. The van der Waals surface area contributed by atoms with E-state index in [1.54, 1.807) is 11.4 Å².